The van der Waals surface area contributed by atoms with Gasteiger partial charge >= 0.3 is 5.97 Å². The number of anilines is 1. The number of fused-ring (bicyclic) bond motifs is 1. The number of carbonyl (C=O) groups is 1. The van der Waals surface area contributed by atoms with E-state index in [9.17, 15) is 4.79 Å². The van der Waals surface area contributed by atoms with Crippen molar-refractivity contribution in [2.24, 2.45) is 0 Å². The minimum atomic E-state index is -0.363. The number of aromatic nitrogens is 4. The summed E-state index contributed by atoms with van der Waals surface area (Å²) in [5.41, 5.74) is 2.81. The second-order valence-corrected chi connectivity index (χ2v) is 7.71. The van der Waals surface area contributed by atoms with Gasteiger partial charge in [0.1, 0.15) is 24.0 Å². The van der Waals surface area contributed by atoms with E-state index in [1.165, 1.54) is 7.11 Å². The van der Waals surface area contributed by atoms with Crippen LogP contribution in [0.3, 0.4) is 0 Å². The number of hydrogen-bond acceptors (Lipinski definition) is 8. The maximum atomic E-state index is 11.6. The summed E-state index contributed by atoms with van der Waals surface area (Å²) in [6.45, 7) is 1.88. The van der Waals surface area contributed by atoms with E-state index in [1.54, 1.807) is 36.8 Å². The van der Waals surface area contributed by atoms with Gasteiger partial charge in [-0.05, 0) is 35.9 Å². The lowest BCUT2D eigenvalue weighted by atomic mass is 10.1. The van der Waals surface area contributed by atoms with Crippen molar-refractivity contribution in [1.29, 1.82) is 5.26 Å². The Balaban J connectivity index is 1.28. The highest BCUT2D eigenvalue weighted by Gasteiger charge is 2.31. The summed E-state index contributed by atoms with van der Waals surface area (Å²) >= 11 is 0. The number of benzene rings is 2. The topological polar surface area (TPSA) is 106 Å². The van der Waals surface area contributed by atoms with Gasteiger partial charge in [0.15, 0.2) is 5.65 Å². The third kappa shape index (κ3) is 4.06. The van der Waals surface area contributed by atoms with Gasteiger partial charge in [-0.15, -0.1) is 0 Å². The zero-order valence-corrected chi connectivity index (χ0v) is 17.9. The number of carbonyl (C=O) groups excluding carboxylic acids is 1. The van der Waals surface area contributed by atoms with Gasteiger partial charge in [0.2, 0.25) is 0 Å². The minimum Gasteiger partial charge on any atom is -0.487 e. The quantitative estimate of drug-likeness (QED) is 0.422. The van der Waals surface area contributed by atoms with Gasteiger partial charge in [0.25, 0.3) is 0 Å². The smallest absolute Gasteiger partial charge is 0.337 e. The molecule has 0 aliphatic carbocycles. The molecule has 1 saturated heterocycles. The summed E-state index contributed by atoms with van der Waals surface area (Å²) in [4.78, 5) is 22.6. The summed E-state index contributed by atoms with van der Waals surface area (Å²) in [6.07, 6.45) is 3.34. The summed E-state index contributed by atoms with van der Waals surface area (Å²) in [5.74, 6) is 1.15. The Bertz CT molecular complexity index is 1350. The molecule has 9 nitrogen and oxygen atoms in total. The molecule has 4 aromatic rings. The van der Waals surface area contributed by atoms with Crippen molar-refractivity contribution in [2.45, 2.75) is 12.6 Å². The Kier molecular flexibility index (Phi) is 5.32. The van der Waals surface area contributed by atoms with Crippen molar-refractivity contribution < 1.29 is 14.3 Å². The van der Waals surface area contributed by atoms with E-state index < -0.39 is 0 Å². The molecule has 2 aromatic heterocycles. The van der Waals surface area contributed by atoms with Crippen LogP contribution >= 0.6 is 0 Å². The molecule has 5 rings (SSSR count). The molecule has 33 heavy (non-hydrogen) atoms. The molecule has 1 aliphatic rings. The maximum Gasteiger partial charge on any atom is 0.337 e. The fraction of sp³-hybridized carbons (Fsp3) is 0.208. The van der Waals surface area contributed by atoms with Gasteiger partial charge in [-0.2, -0.15) is 10.4 Å². The van der Waals surface area contributed by atoms with Crippen LogP contribution in [0.25, 0.3) is 11.0 Å². The van der Waals surface area contributed by atoms with Crippen molar-refractivity contribution >= 4 is 22.8 Å². The third-order valence-corrected chi connectivity index (χ3v) is 5.53. The van der Waals surface area contributed by atoms with Gasteiger partial charge in [-0.1, -0.05) is 18.2 Å². The average Bonchev–Trinajstić information content (AvgIpc) is 3.24. The van der Waals surface area contributed by atoms with Crippen LogP contribution < -0.4 is 9.64 Å². The Morgan fingerprint density at radius 2 is 2.00 bits per heavy atom. The molecule has 164 valence electrons. The number of esters is 1. The third-order valence-electron chi connectivity index (χ3n) is 5.53. The molecule has 0 atom stereocenters. The highest BCUT2D eigenvalue weighted by atomic mass is 16.5. The molecule has 1 aliphatic heterocycles. The van der Waals surface area contributed by atoms with Crippen LogP contribution in [-0.4, -0.2) is 52.0 Å². The number of nitrogens with zero attached hydrogens (tertiary/aromatic N) is 6. The van der Waals surface area contributed by atoms with Gasteiger partial charge < -0.3 is 14.4 Å². The van der Waals surface area contributed by atoms with Crippen molar-refractivity contribution in [1.82, 2.24) is 19.7 Å². The van der Waals surface area contributed by atoms with Crippen LogP contribution in [-0.2, 0) is 11.3 Å². The van der Waals surface area contributed by atoms with Crippen LogP contribution in [0.15, 0.2) is 61.1 Å². The average molecular weight is 440 g/mol. The van der Waals surface area contributed by atoms with Gasteiger partial charge in [0, 0.05) is 0 Å². The second kappa shape index (κ2) is 8.59. The fourth-order valence-corrected chi connectivity index (χ4v) is 3.80. The van der Waals surface area contributed by atoms with Gasteiger partial charge in [-0.25, -0.2) is 19.4 Å². The number of methoxy groups -OCH3 is 1. The van der Waals surface area contributed by atoms with Crippen LogP contribution in [0.1, 0.15) is 21.5 Å². The van der Waals surface area contributed by atoms with E-state index in [-0.39, 0.29) is 12.1 Å². The SMILES string of the molecule is COC(=O)c1ccc(Cn2ncc3c(N4CC(Oc5cccc(C#N)c5)C4)ncnc32)cc1. The van der Waals surface area contributed by atoms with Crippen molar-refractivity contribution in [3.63, 3.8) is 0 Å². The van der Waals surface area contributed by atoms with Crippen molar-refractivity contribution in [3.8, 4) is 11.8 Å². The highest BCUT2D eigenvalue weighted by Crippen LogP contribution is 2.28. The Morgan fingerprint density at radius 1 is 1.18 bits per heavy atom. The van der Waals surface area contributed by atoms with E-state index in [0.717, 1.165) is 22.4 Å². The normalized spacial score (nSPS) is 13.4. The molecule has 9 heteroatoms. The minimum absolute atomic E-state index is 0.0207. The van der Waals surface area contributed by atoms with Crippen LogP contribution in [0.5, 0.6) is 5.75 Å². The molecule has 0 spiro atoms. The lowest BCUT2D eigenvalue weighted by Crippen LogP contribution is -2.54. The molecule has 0 amide bonds. The first-order chi connectivity index (χ1) is 16.1. The summed E-state index contributed by atoms with van der Waals surface area (Å²) in [7, 11) is 1.36. The Hall–Kier alpha value is -4.45. The van der Waals surface area contributed by atoms with Crippen molar-refractivity contribution in [3.05, 3.63) is 77.7 Å². The zero-order valence-electron chi connectivity index (χ0n) is 17.9. The zero-order chi connectivity index (χ0) is 22.8. The fourth-order valence-electron chi connectivity index (χ4n) is 3.80. The summed E-state index contributed by atoms with van der Waals surface area (Å²) in [5, 5.41) is 14.4. The highest BCUT2D eigenvalue weighted by molar-refractivity contribution is 5.89. The molecule has 0 bridgehead atoms. The first-order valence-corrected chi connectivity index (χ1v) is 10.4. The molecule has 0 radical (unpaired) electrons. The predicted molar refractivity (Wildman–Crippen MR) is 120 cm³/mol. The van der Waals surface area contributed by atoms with E-state index in [1.807, 2.05) is 28.9 Å². The molecular formula is C24H20N6O3. The van der Waals surface area contributed by atoms with Gasteiger partial charge in [-0.3, -0.25) is 0 Å². The van der Waals surface area contributed by atoms with Crippen LogP contribution in [0.4, 0.5) is 5.82 Å². The molecule has 0 saturated carbocycles. The molecule has 1 fully saturated rings. The predicted octanol–water partition coefficient (Wildman–Crippen LogP) is 2.80. The number of rotatable bonds is 6. The monoisotopic (exact) mass is 440 g/mol. The number of hydrogen-bond donors (Lipinski definition) is 0. The van der Waals surface area contributed by atoms with E-state index in [2.05, 4.69) is 26.0 Å². The van der Waals surface area contributed by atoms with E-state index in [0.29, 0.717) is 36.5 Å². The van der Waals surface area contributed by atoms with Crippen molar-refractivity contribution in [2.75, 3.05) is 25.1 Å². The lowest BCUT2D eigenvalue weighted by molar-refractivity contribution is 0.0600. The molecule has 0 unspecified atom stereocenters. The molecule has 3 heterocycles. The number of ether oxygens (including phenoxy) is 2. The van der Waals surface area contributed by atoms with Gasteiger partial charge in [0.05, 0.1) is 55.5 Å². The van der Waals surface area contributed by atoms with Crippen LogP contribution in [0, 0.1) is 11.3 Å². The first-order valence-electron chi connectivity index (χ1n) is 10.4. The van der Waals surface area contributed by atoms with Crippen LogP contribution in [0.2, 0.25) is 0 Å². The first kappa shape index (κ1) is 20.5. The largest absolute Gasteiger partial charge is 0.487 e. The Morgan fingerprint density at radius 3 is 2.76 bits per heavy atom. The van der Waals surface area contributed by atoms with E-state index in [4.69, 9.17) is 14.7 Å². The molecule has 0 N–H and O–H groups in total. The summed E-state index contributed by atoms with van der Waals surface area (Å²) < 4.78 is 12.5. The summed E-state index contributed by atoms with van der Waals surface area (Å²) in [6, 6.07) is 16.5. The molecule has 2 aromatic carbocycles. The second-order valence-electron chi connectivity index (χ2n) is 7.71. The van der Waals surface area contributed by atoms with E-state index >= 15 is 0 Å². The number of nitriles is 1. The maximum absolute atomic E-state index is 11.6. The standard InChI is InChI=1S/C24H20N6O3/c1-32-24(31)18-7-5-16(6-8-18)12-30-23-21(11-28-30)22(26-15-27-23)29-13-20(14-29)33-19-4-2-3-17(9-19)10-25/h2-9,11,15,20H,12-14H2,1H3. The molecular weight excluding hydrogens is 420 g/mol. The lowest BCUT2D eigenvalue weighted by Gasteiger charge is -2.39. The Labute approximate surface area is 189 Å².